The van der Waals surface area contributed by atoms with Gasteiger partial charge in [0.05, 0.1) is 11.0 Å². The molecule has 1 aromatic heterocycles. The highest BCUT2D eigenvalue weighted by atomic mass is 16.6. The minimum atomic E-state index is -0.507. The van der Waals surface area contributed by atoms with Crippen molar-refractivity contribution in [2.75, 3.05) is 0 Å². The zero-order chi connectivity index (χ0) is 13.8. The van der Waals surface area contributed by atoms with Crippen molar-refractivity contribution in [2.24, 2.45) is 0 Å². The molecule has 98 valence electrons. The molecular weight excluding hydrogens is 248 g/mol. The van der Waals surface area contributed by atoms with Crippen molar-refractivity contribution in [1.29, 1.82) is 0 Å². The number of H-pyrrole nitrogens is 1. The van der Waals surface area contributed by atoms with Crippen molar-refractivity contribution in [2.45, 2.75) is 13.0 Å². The number of carbonyl (C=O) groups is 1. The molecule has 0 saturated heterocycles. The van der Waals surface area contributed by atoms with Crippen molar-refractivity contribution in [1.82, 2.24) is 15.3 Å². The topological polar surface area (TPSA) is 101 Å². The average Bonchev–Trinajstić information content (AvgIpc) is 2.92. The van der Waals surface area contributed by atoms with E-state index in [4.69, 9.17) is 0 Å². The second kappa shape index (κ2) is 5.30. The van der Waals surface area contributed by atoms with Gasteiger partial charge in [-0.15, -0.1) is 0 Å². The van der Waals surface area contributed by atoms with Gasteiger partial charge in [-0.2, -0.15) is 0 Å². The molecule has 0 aliphatic carbocycles. The molecule has 0 aliphatic heterocycles. The minimum absolute atomic E-state index is 0.0457. The van der Waals surface area contributed by atoms with E-state index in [9.17, 15) is 14.9 Å². The van der Waals surface area contributed by atoms with Gasteiger partial charge >= 0.3 is 0 Å². The van der Waals surface area contributed by atoms with Gasteiger partial charge in [0.15, 0.2) is 0 Å². The molecule has 7 heteroatoms. The number of nitrogens with zero attached hydrogens (tertiary/aromatic N) is 2. The molecule has 0 radical (unpaired) electrons. The summed E-state index contributed by atoms with van der Waals surface area (Å²) in [4.78, 5) is 28.9. The van der Waals surface area contributed by atoms with Crippen molar-refractivity contribution >= 4 is 11.6 Å². The van der Waals surface area contributed by atoms with Crippen LogP contribution in [0.2, 0.25) is 0 Å². The quantitative estimate of drug-likeness (QED) is 0.646. The average molecular weight is 260 g/mol. The molecule has 0 bridgehead atoms. The van der Waals surface area contributed by atoms with Gasteiger partial charge in [0.25, 0.3) is 11.6 Å². The molecule has 0 saturated carbocycles. The van der Waals surface area contributed by atoms with Crippen molar-refractivity contribution in [3.05, 3.63) is 58.2 Å². The number of aromatic amines is 1. The van der Waals surface area contributed by atoms with E-state index in [2.05, 4.69) is 15.3 Å². The Kier molecular flexibility index (Phi) is 3.56. The number of imidazole rings is 1. The predicted molar refractivity (Wildman–Crippen MR) is 67.6 cm³/mol. The molecule has 0 spiro atoms. The maximum atomic E-state index is 11.9. The summed E-state index contributed by atoms with van der Waals surface area (Å²) in [6.45, 7) is 1.79. The van der Waals surface area contributed by atoms with E-state index in [1.807, 2.05) is 0 Å². The van der Waals surface area contributed by atoms with Gasteiger partial charge in [0.2, 0.25) is 0 Å². The van der Waals surface area contributed by atoms with E-state index in [1.165, 1.54) is 24.3 Å². The van der Waals surface area contributed by atoms with Gasteiger partial charge in [0, 0.05) is 30.1 Å². The van der Waals surface area contributed by atoms with Gasteiger partial charge < -0.3 is 10.3 Å². The summed E-state index contributed by atoms with van der Waals surface area (Å²) >= 11 is 0. The van der Waals surface area contributed by atoms with E-state index in [0.717, 1.165) is 0 Å². The summed E-state index contributed by atoms with van der Waals surface area (Å²) in [6, 6.07) is 5.17. The molecular formula is C12H12N4O3. The Morgan fingerprint density at radius 1 is 1.42 bits per heavy atom. The highest BCUT2D eigenvalue weighted by Crippen LogP contribution is 2.13. The zero-order valence-electron chi connectivity index (χ0n) is 10.2. The highest BCUT2D eigenvalue weighted by molar-refractivity contribution is 5.94. The number of nitro groups is 1. The number of amides is 1. The third-order valence-corrected chi connectivity index (χ3v) is 2.62. The first kappa shape index (κ1) is 12.7. The summed E-state index contributed by atoms with van der Waals surface area (Å²) < 4.78 is 0. The highest BCUT2D eigenvalue weighted by Gasteiger charge is 2.14. The van der Waals surface area contributed by atoms with Crippen molar-refractivity contribution < 1.29 is 9.72 Å². The SMILES string of the molecule is CC(NC(=O)c1ccc([N+](=O)[O-])cc1)c1ncc[nH]1. The number of carbonyl (C=O) groups excluding carboxylic acids is 1. The zero-order valence-corrected chi connectivity index (χ0v) is 10.2. The van der Waals surface area contributed by atoms with Crippen LogP contribution < -0.4 is 5.32 Å². The van der Waals surface area contributed by atoms with Crippen molar-refractivity contribution in [3.63, 3.8) is 0 Å². The number of non-ortho nitro benzene ring substituents is 1. The number of rotatable bonds is 4. The Balaban J connectivity index is 2.05. The number of hydrogen-bond donors (Lipinski definition) is 2. The lowest BCUT2D eigenvalue weighted by Gasteiger charge is -2.11. The molecule has 2 rings (SSSR count). The van der Waals surface area contributed by atoms with Crippen LogP contribution in [0, 0.1) is 10.1 Å². The summed E-state index contributed by atoms with van der Waals surface area (Å²) in [5.41, 5.74) is 0.319. The second-order valence-corrected chi connectivity index (χ2v) is 3.97. The third-order valence-electron chi connectivity index (χ3n) is 2.62. The number of nitrogens with one attached hydrogen (secondary N) is 2. The van der Waals surface area contributed by atoms with Gasteiger partial charge in [-0.25, -0.2) is 4.98 Å². The van der Waals surface area contributed by atoms with E-state index < -0.39 is 4.92 Å². The molecule has 1 unspecified atom stereocenters. The Morgan fingerprint density at radius 2 is 2.11 bits per heavy atom. The van der Waals surface area contributed by atoms with E-state index in [0.29, 0.717) is 11.4 Å². The molecule has 0 aliphatic rings. The number of benzene rings is 1. The molecule has 19 heavy (non-hydrogen) atoms. The Hall–Kier alpha value is -2.70. The Morgan fingerprint density at radius 3 is 2.63 bits per heavy atom. The third kappa shape index (κ3) is 2.95. The van der Waals surface area contributed by atoms with Gasteiger partial charge in [-0.05, 0) is 19.1 Å². The molecule has 1 aromatic carbocycles. The lowest BCUT2D eigenvalue weighted by molar-refractivity contribution is -0.384. The van der Waals surface area contributed by atoms with Crippen LogP contribution in [0.3, 0.4) is 0 Å². The van der Waals surface area contributed by atoms with Crippen LogP contribution >= 0.6 is 0 Å². The van der Waals surface area contributed by atoms with E-state index in [1.54, 1.807) is 19.3 Å². The van der Waals surface area contributed by atoms with Gasteiger partial charge in [-0.3, -0.25) is 14.9 Å². The Labute approximate surface area is 108 Å². The molecule has 2 N–H and O–H groups in total. The fraction of sp³-hybridized carbons (Fsp3) is 0.167. The van der Waals surface area contributed by atoms with Crippen LogP contribution in [-0.2, 0) is 0 Å². The maximum Gasteiger partial charge on any atom is 0.269 e. The first-order valence-corrected chi connectivity index (χ1v) is 5.62. The monoisotopic (exact) mass is 260 g/mol. The summed E-state index contributed by atoms with van der Waals surface area (Å²) in [5.74, 6) is 0.342. The molecule has 0 fully saturated rings. The summed E-state index contributed by atoms with van der Waals surface area (Å²) in [5, 5.41) is 13.3. The van der Waals surface area contributed by atoms with Gasteiger partial charge in [-0.1, -0.05) is 0 Å². The molecule has 1 atom stereocenters. The fourth-order valence-corrected chi connectivity index (χ4v) is 1.60. The molecule has 7 nitrogen and oxygen atoms in total. The number of aromatic nitrogens is 2. The van der Waals surface area contributed by atoms with Crippen LogP contribution in [0.25, 0.3) is 0 Å². The largest absolute Gasteiger partial charge is 0.347 e. The van der Waals surface area contributed by atoms with E-state index in [-0.39, 0.29) is 17.6 Å². The standard InChI is InChI=1S/C12H12N4O3/c1-8(11-13-6-7-14-11)15-12(17)9-2-4-10(5-3-9)16(18)19/h2-8H,1H3,(H,13,14)(H,15,17). The summed E-state index contributed by atoms with van der Waals surface area (Å²) in [7, 11) is 0. The second-order valence-electron chi connectivity index (χ2n) is 3.97. The molecule has 1 heterocycles. The van der Waals surface area contributed by atoms with Crippen LogP contribution in [0.5, 0.6) is 0 Å². The normalized spacial score (nSPS) is 11.8. The van der Waals surface area contributed by atoms with Gasteiger partial charge in [0.1, 0.15) is 5.82 Å². The van der Waals surface area contributed by atoms with E-state index >= 15 is 0 Å². The molecule has 1 amide bonds. The number of hydrogen-bond acceptors (Lipinski definition) is 4. The number of nitro benzene ring substituents is 1. The lowest BCUT2D eigenvalue weighted by Crippen LogP contribution is -2.27. The maximum absolute atomic E-state index is 11.9. The fourth-order valence-electron chi connectivity index (χ4n) is 1.60. The smallest absolute Gasteiger partial charge is 0.269 e. The summed E-state index contributed by atoms with van der Waals surface area (Å²) in [6.07, 6.45) is 3.27. The first-order chi connectivity index (χ1) is 9.08. The Bertz CT molecular complexity index is 578. The first-order valence-electron chi connectivity index (χ1n) is 5.62. The molecule has 2 aromatic rings. The van der Waals surface area contributed by atoms with Crippen molar-refractivity contribution in [3.8, 4) is 0 Å². The minimum Gasteiger partial charge on any atom is -0.347 e. The van der Waals surface area contributed by atoms with Crippen LogP contribution in [0.4, 0.5) is 5.69 Å². The predicted octanol–water partition coefficient (Wildman–Crippen LogP) is 1.81. The van der Waals surface area contributed by atoms with Crippen LogP contribution in [-0.4, -0.2) is 20.8 Å². The lowest BCUT2D eigenvalue weighted by atomic mass is 10.2. The van der Waals surface area contributed by atoms with Crippen LogP contribution in [0.15, 0.2) is 36.7 Å². The van der Waals surface area contributed by atoms with Crippen LogP contribution in [0.1, 0.15) is 29.1 Å².